The Kier molecular flexibility index (Phi) is 5.83. The van der Waals surface area contributed by atoms with Crippen LogP contribution in [0.4, 0.5) is 17.1 Å². The summed E-state index contributed by atoms with van der Waals surface area (Å²) in [6.07, 6.45) is 0. The van der Waals surface area contributed by atoms with Gasteiger partial charge in [0.05, 0.1) is 0 Å². The Bertz CT molecular complexity index is 3110. The molecule has 4 heteroatoms. The van der Waals surface area contributed by atoms with Crippen molar-refractivity contribution < 1.29 is 8.83 Å². The van der Waals surface area contributed by atoms with E-state index in [9.17, 15) is 0 Å². The maximum Gasteiger partial charge on any atom is 0.136 e. The number of thiophene rings is 1. The monoisotopic (exact) mass is 657 g/mol. The molecule has 0 aliphatic carbocycles. The number of furan rings is 2. The van der Waals surface area contributed by atoms with E-state index < -0.39 is 0 Å². The van der Waals surface area contributed by atoms with Gasteiger partial charge >= 0.3 is 0 Å². The fraction of sp³-hybridized carbons (Fsp3) is 0. The third kappa shape index (κ3) is 4.09. The van der Waals surface area contributed by atoms with Crippen LogP contribution in [-0.2, 0) is 0 Å². The van der Waals surface area contributed by atoms with E-state index in [1.165, 1.54) is 31.1 Å². The molecule has 3 aromatic heterocycles. The minimum atomic E-state index is 0.887. The fourth-order valence-corrected chi connectivity index (χ4v) is 8.92. The van der Waals surface area contributed by atoms with Crippen LogP contribution in [0.2, 0.25) is 0 Å². The summed E-state index contributed by atoms with van der Waals surface area (Å²) < 4.78 is 15.2. The molecule has 11 aromatic rings. The van der Waals surface area contributed by atoms with E-state index in [-0.39, 0.29) is 0 Å². The number of fused-ring (bicyclic) bond motifs is 10. The van der Waals surface area contributed by atoms with Gasteiger partial charge in [0.2, 0.25) is 0 Å². The third-order valence-electron chi connectivity index (χ3n) is 10.0. The highest BCUT2D eigenvalue weighted by Crippen LogP contribution is 2.45. The fourth-order valence-electron chi connectivity index (χ4n) is 7.78. The normalized spacial score (nSPS) is 12.0. The lowest BCUT2D eigenvalue weighted by Crippen LogP contribution is -2.09. The van der Waals surface area contributed by atoms with Crippen LogP contribution in [0, 0.1) is 0 Å². The van der Waals surface area contributed by atoms with Crippen molar-refractivity contribution >= 4 is 103 Å². The summed E-state index contributed by atoms with van der Waals surface area (Å²) >= 11 is 1.84. The van der Waals surface area contributed by atoms with Gasteiger partial charge in [-0.05, 0) is 83.1 Å². The van der Waals surface area contributed by atoms with Crippen molar-refractivity contribution in [1.82, 2.24) is 0 Å². The molecular formula is C46H27NO2S. The SMILES string of the molecule is c1ccc2c(-c3ccc(N(c4ccc5c(c4)sc4ccccc45)c4ccc5oc6ccccc6c5c4)cc3)c3c(cc2c1)oc1ccccc13. The Morgan fingerprint density at radius 2 is 0.980 bits per heavy atom. The molecule has 50 heavy (non-hydrogen) atoms. The highest BCUT2D eigenvalue weighted by atomic mass is 32.1. The first-order valence-electron chi connectivity index (χ1n) is 16.8. The van der Waals surface area contributed by atoms with Gasteiger partial charge in [-0.25, -0.2) is 0 Å². The van der Waals surface area contributed by atoms with E-state index in [1.54, 1.807) is 0 Å². The Hall–Kier alpha value is -6.36. The molecule has 234 valence electrons. The second kappa shape index (κ2) is 10.6. The second-order valence-electron chi connectivity index (χ2n) is 12.9. The van der Waals surface area contributed by atoms with Crippen molar-refractivity contribution in [3.05, 3.63) is 164 Å². The number of para-hydroxylation sites is 2. The van der Waals surface area contributed by atoms with Crippen LogP contribution in [0.5, 0.6) is 0 Å². The predicted molar refractivity (Wildman–Crippen MR) is 212 cm³/mol. The van der Waals surface area contributed by atoms with Gasteiger partial charge in [-0.1, -0.05) is 97.1 Å². The molecule has 0 spiro atoms. The summed E-state index contributed by atoms with van der Waals surface area (Å²) in [5.74, 6) is 0. The first kappa shape index (κ1) is 27.6. The minimum Gasteiger partial charge on any atom is -0.456 e. The molecule has 0 bridgehead atoms. The molecule has 0 aliphatic rings. The van der Waals surface area contributed by atoms with Crippen molar-refractivity contribution in [2.75, 3.05) is 4.90 Å². The van der Waals surface area contributed by atoms with Gasteiger partial charge < -0.3 is 13.7 Å². The number of rotatable bonds is 4. The molecule has 0 radical (unpaired) electrons. The zero-order chi connectivity index (χ0) is 32.8. The summed E-state index contributed by atoms with van der Waals surface area (Å²) in [5.41, 5.74) is 9.20. The number of hydrogen-bond acceptors (Lipinski definition) is 4. The molecular weight excluding hydrogens is 631 g/mol. The van der Waals surface area contributed by atoms with Crippen LogP contribution in [-0.4, -0.2) is 0 Å². The van der Waals surface area contributed by atoms with Crippen molar-refractivity contribution in [3.63, 3.8) is 0 Å². The van der Waals surface area contributed by atoms with Gasteiger partial charge in [0, 0.05) is 64.3 Å². The van der Waals surface area contributed by atoms with Crippen LogP contribution in [0.15, 0.2) is 173 Å². The van der Waals surface area contributed by atoms with E-state index in [0.29, 0.717) is 0 Å². The highest BCUT2D eigenvalue weighted by molar-refractivity contribution is 7.25. The van der Waals surface area contributed by atoms with E-state index in [4.69, 9.17) is 8.83 Å². The van der Waals surface area contributed by atoms with Crippen LogP contribution < -0.4 is 4.90 Å². The molecule has 0 unspecified atom stereocenters. The van der Waals surface area contributed by atoms with Gasteiger partial charge in [0.15, 0.2) is 0 Å². The Labute approximate surface area is 290 Å². The van der Waals surface area contributed by atoms with Crippen LogP contribution in [0.3, 0.4) is 0 Å². The number of hydrogen-bond donors (Lipinski definition) is 0. The molecule has 0 saturated carbocycles. The van der Waals surface area contributed by atoms with Crippen LogP contribution in [0.1, 0.15) is 0 Å². The van der Waals surface area contributed by atoms with Crippen molar-refractivity contribution in [1.29, 1.82) is 0 Å². The summed E-state index contributed by atoms with van der Waals surface area (Å²) in [6.45, 7) is 0. The van der Waals surface area contributed by atoms with Gasteiger partial charge in [-0.15, -0.1) is 11.3 Å². The van der Waals surface area contributed by atoms with Gasteiger partial charge in [0.25, 0.3) is 0 Å². The molecule has 0 saturated heterocycles. The first-order chi connectivity index (χ1) is 24.8. The highest BCUT2D eigenvalue weighted by Gasteiger charge is 2.20. The van der Waals surface area contributed by atoms with Crippen molar-refractivity contribution in [3.8, 4) is 11.1 Å². The van der Waals surface area contributed by atoms with Crippen molar-refractivity contribution in [2.24, 2.45) is 0 Å². The number of benzene rings is 8. The standard InChI is InChI=1S/C46H27NO2S/c1-2-10-33-29(9-1)25-42-46(37-13-4-7-15-40(37)49-42)45(33)28-17-19-30(20-18-28)47(31-22-24-41-38(26-31)34-11-3-6-14-39(34)48-41)32-21-23-36-35-12-5-8-16-43(35)50-44(36)27-32/h1-27H. The van der Waals surface area contributed by atoms with Gasteiger partial charge in [-0.2, -0.15) is 0 Å². The average molecular weight is 658 g/mol. The molecule has 3 heterocycles. The zero-order valence-corrected chi connectivity index (χ0v) is 27.6. The Balaban J connectivity index is 1.12. The molecule has 8 aromatic carbocycles. The van der Waals surface area contributed by atoms with E-state index in [0.717, 1.165) is 71.9 Å². The minimum absolute atomic E-state index is 0.887. The van der Waals surface area contributed by atoms with E-state index >= 15 is 0 Å². The maximum atomic E-state index is 6.40. The van der Waals surface area contributed by atoms with E-state index in [1.807, 2.05) is 29.5 Å². The summed E-state index contributed by atoms with van der Waals surface area (Å²) in [5, 5.41) is 9.46. The number of anilines is 3. The van der Waals surface area contributed by atoms with Gasteiger partial charge in [-0.3, -0.25) is 0 Å². The number of nitrogens with zero attached hydrogens (tertiary/aromatic N) is 1. The second-order valence-corrected chi connectivity index (χ2v) is 14.0. The quantitative estimate of drug-likeness (QED) is 0.189. The molecule has 0 N–H and O–H groups in total. The first-order valence-corrected chi connectivity index (χ1v) is 17.6. The van der Waals surface area contributed by atoms with Gasteiger partial charge in [0.1, 0.15) is 22.3 Å². The van der Waals surface area contributed by atoms with Crippen molar-refractivity contribution in [2.45, 2.75) is 0 Å². The summed E-state index contributed by atoms with van der Waals surface area (Å²) in [4.78, 5) is 2.36. The van der Waals surface area contributed by atoms with Crippen LogP contribution in [0.25, 0.3) is 85.9 Å². The zero-order valence-electron chi connectivity index (χ0n) is 26.8. The molecule has 0 fully saturated rings. The Morgan fingerprint density at radius 1 is 0.380 bits per heavy atom. The van der Waals surface area contributed by atoms with E-state index in [2.05, 4.69) is 150 Å². The maximum absolute atomic E-state index is 6.40. The van der Waals surface area contributed by atoms with Crippen LogP contribution >= 0.6 is 11.3 Å². The lowest BCUT2D eigenvalue weighted by Gasteiger charge is -2.26. The Morgan fingerprint density at radius 3 is 1.84 bits per heavy atom. The predicted octanol–water partition coefficient (Wildman–Crippen LogP) is 14.1. The molecule has 0 atom stereocenters. The molecule has 3 nitrogen and oxygen atoms in total. The molecule has 0 aliphatic heterocycles. The third-order valence-corrected chi connectivity index (χ3v) is 11.2. The smallest absolute Gasteiger partial charge is 0.136 e. The largest absolute Gasteiger partial charge is 0.456 e. The summed E-state index contributed by atoms with van der Waals surface area (Å²) in [6, 6.07) is 58.4. The lowest BCUT2D eigenvalue weighted by molar-refractivity contribution is 0.669. The molecule has 0 amide bonds. The summed E-state index contributed by atoms with van der Waals surface area (Å²) in [7, 11) is 0. The molecule has 11 rings (SSSR count). The average Bonchev–Trinajstić information content (AvgIpc) is 3.85. The lowest BCUT2D eigenvalue weighted by atomic mass is 9.93. The topological polar surface area (TPSA) is 29.5 Å².